The second-order valence-electron chi connectivity index (χ2n) is 4.50. The molecule has 24 heavy (non-hydrogen) atoms. The lowest BCUT2D eigenvalue weighted by Gasteiger charge is -2.03. The molecule has 122 valence electrons. The molecule has 3 aromatic rings. The van der Waals surface area contributed by atoms with Gasteiger partial charge in [-0.15, -0.1) is 16.4 Å². The Kier molecular flexibility index (Phi) is 4.53. The number of aromatic nitrogens is 5. The first kappa shape index (κ1) is 16.1. The van der Waals surface area contributed by atoms with Gasteiger partial charge in [0.15, 0.2) is 4.34 Å². The van der Waals surface area contributed by atoms with Gasteiger partial charge >= 0.3 is 11.9 Å². The fourth-order valence-corrected chi connectivity index (χ4v) is 3.53. The number of carboxylic acids is 2. The van der Waals surface area contributed by atoms with E-state index in [0.29, 0.717) is 20.9 Å². The smallest absolute Gasteiger partial charge is 0.335 e. The molecule has 2 heterocycles. The van der Waals surface area contributed by atoms with E-state index in [1.807, 2.05) is 0 Å². The highest BCUT2D eigenvalue weighted by atomic mass is 32.2. The van der Waals surface area contributed by atoms with Crippen LogP contribution in [-0.4, -0.2) is 47.3 Å². The van der Waals surface area contributed by atoms with E-state index in [-0.39, 0.29) is 12.0 Å². The molecule has 0 spiro atoms. The van der Waals surface area contributed by atoms with Crippen molar-refractivity contribution in [1.82, 2.24) is 25.2 Å². The highest BCUT2D eigenvalue weighted by molar-refractivity contribution is 8.00. The summed E-state index contributed by atoms with van der Waals surface area (Å²) in [6.07, 6.45) is -0.140. The molecule has 0 saturated heterocycles. The van der Waals surface area contributed by atoms with Crippen molar-refractivity contribution in [3.63, 3.8) is 0 Å². The van der Waals surface area contributed by atoms with Gasteiger partial charge in [-0.2, -0.15) is 4.68 Å². The summed E-state index contributed by atoms with van der Waals surface area (Å²) in [4.78, 5) is 25.8. The minimum absolute atomic E-state index is 0.140. The molecule has 0 atom stereocenters. The average Bonchev–Trinajstić information content (AvgIpc) is 3.17. The molecule has 0 radical (unpaired) electrons. The average molecular weight is 363 g/mol. The number of aromatic carboxylic acids is 1. The van der Waals surface area contributed by atoms with Crippen LogP contribution in [0.3, 0.4) is 0 Å². The predicted molar refractivity (Wildman–Crippen MR) is 83.7 cm³/mol. The highest BCUT2D eigenvalue weighted by Gasteiger charge is 2.14. The SMILES string of the molecule is O=C(O)Cc1csc(Sc2nnnn2-c2ccc(C(=O)O)cc2)n1. The molecule has 11 heteroatoms. The zero-order valence-corrected chi connectivity index (χ0v) is 13.5. The van der Waals surface area contributed by atoms with Crippen molar-refractivity contribution in [3.8, 4) is 5.69 Å². The van der Waals surface area contributed by atoms with Gasteiger partial charge in [-0.3, -0.25) is 4.79 Å². The molecular formula is C13H9N5O4S2. The standard InChI is InChI=1S/C13H9N5O4S2/c19-10(20)5-8-6-23-13(14-8)24-12-15-16-17-18(12)9-3-1-7(2-4-9)11(21)22/h1-4,6H,5H2,(H,19,20)(H,21,22). The Morgan fingerprint density at radius 3 is 2.62 bits per heavy atom. The van der Waals surface area contributed by atoms with Crippen LogP contribution in [0.2, 0.25) is 0 Å². The largest absolute Gasteiger partial charge is 0.481 e. The number of carboxylic acid groups (broad SMARTS) is 2. The van der Waals surface area contributed by atoms with Crippen LogP contribution in [0.15, 0.2) is 39.1 Å². The van der Waals surface area contributed by atoms with Crippen molar-refractivity contribution in [3.05, 3.63) is 40.9 Å². The van der Waals surface area contributed by atoms with Gasteiger partial charge in [0, 0.05) is 5.38 Å². The van der Waals surface area contributed by atoms with E-state index in [9.17, 15) is 9.59 Å². The van der Waals surface area contributed by atoms with Crippen LogP contribution in [0, 0.1) is 0 Å². The summed E-state index contributed by atoms with van der Waals surface area (Å²) in [6.45, 7) is 0. The molecule has 0 fully saturated rings. The van der Waals surface area contributed by atoms with Gasteiger partial charge in [-0.05, 0) is 46.5 Å². The lowest BCUT2D eigenvalue weighted by atomic mass is 10.2. The van der Waals surface area contributed by atoms with Crippen molar-refractivity contribution >= 4 is 35.0 Å². The van der Waals surface area contributed by atoms with Crippen LogP contribution in [0.1, 0.15) is 16.1 Å². The summed E-state index contributed by atoms with van der Waals surface area (Å²) in [5.41, 5.74) is 1.24. The first-order chi connectivity index (χ1) is 11.5. The van der Waals surface area contributed by atoms with Gasteiger partial charge in [-0.25, -0.2) is 9.78 Å². The molecule has 1 aromatic carbocycles. The molecule has 0 bridgehead atoms. The Morgan fingerprint density at radius 1 is 1.21 bits per heavy atom. The second kappa shape index (κ2) is 6.76. The summed E-state index contributed by atoms with van der Waals surface area (Å²) >= 11 is 2.50. The fourth-order valence-electron chi connectivity index (χ4n) is 1.80. The first-order valence-electron chi connectivity index (χ1n) is 6.49. The Balaban J connectivity index is 1.81. The third-order valence-electron chi connectivity index (χ3n) is 2.84. The molecule has 2 aromatic heterocycles. The quantitative estimate of drug-likeness (QED) is 0.670. The molecular weight excluding hydrogens is 354 g/mol. The summed E-state index contributed by atoms with van der Waals surface area (Å²) in [5.74, 6) is -1.96. The molecule has 9 nitrogen and oxygen atoms in total. The minimum Gasteiger partial charge on any atom is -0.481 e. The number of rotatable bonds is 6. The Bertz CT molecular complexity index is 890. The number of tetrazole rings is 1. The lowest BCUT2D eigenvalue weighted by Crippen LogP contribution is -2.01. The van der Waals surface area contributed by atoms with Crippen molar-refractivity contribution in [2.75, 3.05) is 0 Å². The zero-order valence-electron chi connectivity index (χ0n) is 11.9. The van der Waals surface area contributed by atoms with Gasteiger partial charge < -0.3 is 10.2 Å². The highest BCUT2D eigenvalue weighted by Crippen LogP contribution is 2.29. The minimum atomic E-state index is -1.01. The number of hydrogen-bond acceptors (Lipinski definition) is 8. The molecule has 2 N–H and O–H groups in total. The maximum Gasteiger partial charge on any atom is 0.335 e. The van der Waals surface area contributed by atoms with Crippen molar-refractivity contribution in [1.29, 1.82) is 0 Å². The van der Waals surface area contributed by atoms with Gasteiger partial charge in [0.25, 0.3) is 0 Å². The van der Waals surface area contributed by atoms with E-state index in [4.69, 9.17) is 10.2 Å². The van der Waals surface area contributed by atoms with Crippen LogP contribution < -0.4 is 0 Å². The first-order valence-corrected chi connectivity index (χ1v) is 8.18. The van der Waals surface area contributed by atoms with E-state index in [1.54, 1.807) is 17.5 Å². The maximum absolute atomic E-state index is 10.9. The molecule has 0 aliphatic carbocycles. The van der Waals surface area contributed by atoms with Crippen LogP contribution in [0.25, 0.3) is 5.69 Å². The predicted octanol–water partition coefficient (Wildman–Crippen LogP) is 1.60. The Morgan fingerprint density at radius 2 is 1.96 bits per heavy atom. The van der Waals surface area contributed by atoms with Crippen molar-refractivity contribution in [2.45, 2.75) is 15.9 Å². The fraction of sp³-hybridized carbons (Fsp3) is 0.0769. The Labute approximate surface area is 143 Å². The third-order valence-corrected chi connectivity index (χ3v) is 4.77. The molecule has 0 aliphatic rings. The van der Waals surface area contributed by atoms with Crippen LogP contribution >= 0.6 is 23.1 Å². The molecule has 0 unspecified atom stereocenters. The van der Waals surface area contributed by atoms with Crippen molar-refractivity contribution < 1.29 is 19.8 Å². The molecule has 0 aliphatic heterocycles. The van der Waals surface area contributed by atoms with E-state index < -0.39 is 11.9 Å². The summed E-state index contributed by atoms with van der Waals surface area (Å²) < 4.78 is 2.07. The van der Waals surface area contributed by atoms with Crippen LogP contribution in [0.4, 0.5) is 0 Å². The summed E-state index contributed by atoms with van der Waals surface area (Å²) in [6, 6.07) is 6.12. The topological polar surface area (TPSA) is 131 Å². The number of benzene rings is 1. The van der Waals surface area contributed by atoms with Gasteiger partial charge in [0.2, 0.25) is 5.16 Å². The number of hydrogen-bond donors (Lipinski definition) is 2. The third kappa shape index (κ3) is 3.58. The molecule has 3 rings (SSSR count). The Hall–Kier alpha value is -2.79. The normalized spacial score (nSPS) is 10.7. The van der Waals surface area contributed by atoms with E-state index in [1.165, 1.54) is 39.9 Å². The van der Waals surface area contributed by atoms with Gasteiger partial charge in [0.1, 0.15) is 0 Å². The maximum atomic E-state index is 10.9. The second-order valence-corrected chi connectivity index (χ2v) is 6.58. The number of aliphatic carboxylic acids is 1. The zero-order chi connectivity index (χ0) is 17.1. The lowest BCUT2D eigenvalue weighted by molar-refractivity contribution is -0.136. The molecule has 0 saturated carbocycles. The van der Waals surface area contributed by atoms with Crippen molar-refractivity contribution in [2.24, 2.45) is 0 Å². The summed E-state index contributed by atoms with van der Waals surface area (Å²) in [7, 11) is 0. The summed E-state index contributed by atoms with van der Waals surface area (Å²) in [5, 5.41) is 31.2. The van der Waals surface area contributed by atoms with Crippen LogP contribution in [0.5, 0.6) is 0 Å². The number of thiazole rings is 1. The molecule has 0 amide bonds. The van der Waals surface area contributed by atoms with E-state index in [2.05, 4.69) is 20.5 Å². The van der Waals surface area contributed by atoms with Gasteiger partial charge in [0.05, 0.1) is 23.4 Å². The van der Waals surface area contributed by atoms with E-state index >= 15 is 0 Å². The van der Waals surface area contributed by atoms with Gasteiger partial charge in [-0.1, -0.05) is 0 Å². The number of carbonyl (C=O) groups is 2. The monoisotopic (exact) mass is 363 g/mol. The number of nitrogens with zero attached hydrogens (tertiary/aromatic N) is 5. The van der Waals surface area contributed by atoms with E-state index in [0.717, 1.165) is 0 Å². The van der Waals surface area contributed by atoms with Crippen LogP contribution in [-0.2, 0) is 11.2 Å².